The first-order valence-corrected chi connectivity index (χ1v) is 13.5. The van der Waals surface area contributed by atoms with Gasteiger partial charge in [0.25, 0.3) is 0 Å². The van der Waals surface area contributed by atoms with Crippen LogP contribution in [0, 0.1) is 0 Å². The van der Waals surface area contributed by atoms with E-state index in [2.05, 4.69) is 4.74 Å². The Morgan fingerprint density at radius 2 is 1.49 bits per heavy atom. The topological polar surface area (TPSA) is 302 Å². The third kappa shape index (κ3) is 6.59. The summed E-state index contributed by atoms with van der Waals surface area (Å²) in [4.78, 5) is 35.6. The zero-order valence-electron chi connectivity index (χ0n) is 23.8. The number of benzene rings is 2. The lowest BCUT2D eigenvalue weighted by molar-refractivity contribution is -0.370. The molecule has 9 N–H and O–H groups in total. The van der Waals surface area contributed by atoms with Gasteiger partial charge in [-0.05, 0) is 18.2 Å². The second-order valence-corrected chi connectivity index (χ2v) is 10.4. The van der Waals surface area contributed by atoms with E-state index in [1.165, 1.54) is 25.3 Å². The Labute approximate surface area is 261 Å². The Hall–Kier alpha value is -4.73. The molecule has 3 aromatic rings. The number of phenols is 2. The number of hydrogen-bond acceptors (Lipinski definition) is 17. The SMILES string of the molecule is COc1ccc(-c2cc(=O)c3c(O)cc(OC4OC(OC(=O)O)C(O)C(O)C4OC4OC(C(=O)O)C(O)C(O)C4O)cc3o2)cc1O. The lowest BCUT2D eigenvalue weighted by atomic mass is 9.98. The standard InChI is InChI=1S/C28H28O19/c1-41-13-3-2-8(4-10(13)29)14-7-12(31)16-11(30)5-9(6-15(16)43-14)42-27-23(19(34)21(36)26(46-27)47-28(39)40)45-25-20(35)17(32)18(33)22(44-25)24(37)38/h2-7,17-23,25-27,29-30,32-36H,1H3,(H,37,38)(H,39,40). The number of aromatic hydroxyl groups is 2. The molecule has 19 nitrogen and oxygen atoms in total. The molecule has 3 heterocycles. The van der Waals surface area contributed by atoms with Crippen LogP contribution in [0.4, 0.5) is 4.79 Å². The summed E-state index contributed by atoms with van der Waals surface area (Å²) < 4.78 is 36.8. The van der Waals surface area contributed by atoms with Crippen LogP contribution < -0.4 is 14.9 Å². The van der Waals surface area contributed by atoms with Crippen LogP contribution in [-0.4, -0.2) is 127 Å². The molecule has 0 amide bonds. The molecular weight excluding hydrogens is 640 g/mol. The van der Waals surface area contributed by atoms with Crippen LogP contribution >= 0.6 is 0 Å². The molecule has 0 radical (unpaired) electrons. The number of rotatable bonds is 8. The Morgan fingerprint density at radius 1 is 0.787 bits per heavy atom. The molecule has 0 saturated carbocycles. The van der Waals surface area contributed by atoms with Gasteiger partial charge in [-0.15, -0.1) is 0 Å². The highest BCUT2D eigenvalue weighted by molar-refractivity contribution is 5.86. The first kappa shape index (κ1) is 33.6. The number of carboxylic acid groups (broad SMARTS) is 2. The molecule has 0 bridgehead atoms. The Bertz CT molecular complexity index is 1710. The second-order valence-electron chi connectivity index (χ2n) is 10.4. The summed E-state index contributed by atoms with van der Waals surface area (Å²) in [6, 6.07) is 7.18. The van der Waals surface area contributed by atoms with Crippen molar-refractivity contribution in [1.82, 2.24) is 0 Å². The summed E-state index contributed by atoms with van der Waals surface area (Å²) in [5.74, 6) is -2.98. The van der Waals surface area contributed by atoms with E-state index in [4.69, 9.17) is 33.2 Å². The largest absolute Gasteiger partial charge is 0.508 e. The number of ether oxygens (including phenoxy) is 6. The molecule has 2 aliphatic rings. The van der Waals surface area contributed by atoms with E-state index in [1.807, 2.05) is 0 Å². The average molecular weight is 669 g/mol. The number of aliphatic carboxylic acids is 1. The molecule has 1 aromatic heterocycles. The summed E-state index contributed by atoms with van der Waals surface area (Å²) >= 11 is 0. The predicted octanol–water partition coefficient (Wildman–Crippen LogP) is -1.37. The van der Waals surface area contributed by atoms with E-state index in [-0.39, 0.29) is 39.5 Å². The molecular formula is C28H28O19. The van der Waals surface area contributed by atoms with Gasteiger partial charge < -0.3 is 74.1 Å². The lowest BCUT2D eigenvalue weighted by Gasteiger charge is -2.45. The van der Waals surface area contributed by atoms with Crippen LogP contribution in [0.2, 0.25) is 0 Å². The maximum atomic E-state index is 12.9. The molecule has 19 heteroatoms. The fourth-order valence-corrected chi connectivity index (χ4v) is 4.99. The maximum Gasteiger partial charge on any atom is 0.508 e. The zero-order chi connectivity index (χ0) is 34.3. The van der Waals surface area contributed by atoms with Crippen LogP contribution in [0.25, 0.3) is 22.3 Å². The van der Waals surface area contributed by atoms with E-state index in [9.17, 15) is 55.2 Å². The van der Waals surface area contributed by atoms with Gasteiger partial charge in [0.1, 0.15) is 58.7 Å². The summed E-state index contributed by atoms with van der Waals surface area (Å²) in [6.07, 6.45) is -22.9. The summed E-state index contributed by atoms with van der Waals surface area (Å²) in [7, 11) is 1.33. The van der Waals surface area contributed by atoms with Crippen LogP contribution in [0.3, 0.4) is 0 Å². The van der Waals surface area contributed by atoms with Crippen molar-refractivity contribution in [2.45, 2.75) is 61.6 Å². The highest BCUT2D eigenvalue weighted by Crippen LogP contribution is 2.36. The number of carboxylic acids is 1. The van der Waals surface area contributed by atoms with E-state index < -0.39 is 84.9 Å². The van der Waals surface area contributed by atoms with Crippen molar-refractivity contribution in [2.24, 2.45) is 0 Å². The van der Waals surface area contributed by atoms with Crippen molar-refractivity contribution in [1.29, 1.82) is 0 Å². The van der Waals surface area contributed by atoms with E-state index >= 15 is 0 Å². The van der Waals surface area contributed by atoms with Crippen LogP contribution in [0.15, 0.2) is 45.6 Å². The summed E-state index contributed by atoms with van der Waals surface area (Å²) in [5.41, 5.74) is -0.736. The molecule has 0 aliphatic carbocycles. The van der Waals surface area contributed by atoms with Gasteiger partial charge in [-0.3, -0.25) is 9.53 Å². The third-order valence-electron chi connectivity index (χ3n) is 7.32. The van der Waals surface area contributed by atoms with E-state index in [1.54, 1.807) is 0 Å². The summed E-state index contributed by atoms with van der Waals surface area (Å²) in [6.45, 7) is 0. The molecule has 2 aromatic carbocycles. The van der Waals surface area contributed by atoms with Gasteiger partial charge >= 0.3 is 12.1 Å². The highest BCUT2D eigenvalue weighted by Gasteiger charge is 2.53. The van der Waals surface area contributed by atoms with Crippen molar-refractivity contribution in [3.63, 3.8) is 0 Å². The second kappa shape index (κ2) is 13.2. The number of aliphatic hydroxyl groups excluding tert-OH is 5. The number of carbonyl (C=O) groups is 2. The highest BCUT2D eigenvalue weighted by atomic mass is 16.8. The minimum Gasteiger partial charge on any atom is -0.507 e. The van der Waals surface area contributed by atoms with Crippen molar-refractivity contribution in [3.05, 3.63) is 46.6 Å². The quantitative estimate of drug-likeness (QED) is 0.125. The van der Waals surface area contributed by atoms with Gasteiger partial charge in [0.15, 0.2) is 35.4 Å². The van der Waals surface area contributed by atoms with Gasteiger partial charge in [-0.2, -0.15) is 0 Å². The fourth-order valence-electron chi connectivity index (χ4n) is 4.99. The third-order valence-corrected chi connectivity index (χ3v) is 7.32. The summed E-state index contributed by atoms with van der Waals surface area (Å²) in [5, 5.41) is 90.8. The Kier molecular flexibility index (Phi) is 9.43. The van der Waals surface area contributed by atoms with Crippen molar-refractivity contribution in [2.75, 3.05) is 7.11 Å². The van der Waals surface area contributed by atoms with Crippen LogP contribution in [0.1, 0.15) is 0 Å². The smallest absolute Gasteiger partial charge is 0.507 e. The zero-order valence-corrected chi connectivity index (χ0v) is 23.8. The maximum absolute atomic E-state index is 12.9. The number of phenolic OH excluding ortho intramolecular Hbond substituents is 2. The Balaban J connectivity index is 1.50. The molecule has 47 heavy (non-hydrogen) atoms. The van der Waals surface area contributed by atoms with Crippen LogP contribution in [-0.2, 0) is 23.7 Å². The predicted molar refractivity (Wildman–Crippen MR) is 147 cm³/mol. The molecule has 254 valence electrons. The molecule has 0 spiro atoms. The van der Waals surface area contributed by atoms with Crippen molar-refractivity contribution < 1.29 is 88.4 Å². The van der Waals surface area contributed by atoms with Crippen molar-refractivity contribution >= 4 is 23.1 Å². The molecule has 10 atom stereocenters. The number of aliphatic hydroxyl groups is 5. The minimum atomic E-state index is -2.16. The van der Waals surface area contributed by atoms with E-state index in [0.29, 0.717) is 0 Å². The molecule has 5 rings (SSSR count). The number of hydrogen-bond donors (Lipinski definition) is 9. The normalized spacial score (nSPS) is 30.9. The lowest BCUT2D eigenvalue weighted by Crippen LogP contribution is -2.65. The molecule has 2 saturated heterocycles. The van der Waals surface area contributed by atoms with E-state index in [0.717, 1.165) is 18.2 Å². The molecule has 2 aliphatic heterocycles. The first-order valence-electron chi connectivity index (χ1n) is 13.5. The average Bonchev–Trinajstić information content (AvgIpc) is 3.00. The van der Waals surface area contributed by atoms with Gasteiger partial charge in [0, 0.05) is 23.8 Å². The van der Waals surface area contributed by atoms with Crippen LogP contribution in [0.5, 0.6) is 23.0 Å². The van der Waals surface area contributed by atoms with Gasteiger partial charge in [0.05, 0.1) is 7.11 Å². The number of fused-ring (bicyclic) bond motifs is 1. The van der Waals surface area contributed by atoms with Crippen molar-refractivity contribution in [3.8, 4) is 34.3 Å². The Morgan fingerprint density at radius 3 is 2.13 bits per heavy atom. The van der Waals surface area contributed by atoms with Gasteiger partial charge in [0.2, 0.25) is 12.6 Å². The molecule has 10 unspecified atom stereocenters. The first-order chi connectivity index (χ1) is 22.2. The minimum absolute atomic E-state index is 0.0576. The molecule has 2 fully saturated rings. The fraction of sp³-hybridized carbons (Fsp3) is 0.393. The van der Waals surface area contributed by atoms with Gasteiger partial charge in [-0.25, -0.2) is 9.59 Å². The van der Waals surface area contributed by atoms with Gasteiger partial charge in [-0.1, -0.05) is 0 Å². The monoisotopic (exact) mass is 668 g/mol. The number of methoxy groups -OCH3 is 1.